The van der Waals surface area contributed by atoms with E-state index in [1.807, 2.05) is 0 Å². The van der Waals surface area contributed by atoms with Crippen LogP contribution in [0.4, 0.5) is 0 Å². The van der Waals surface area contributed by atoms with E-state index in [9.17, 15) is 19.8 Å². The number of amides is 1. The number of nitrogens with one attached hydrogen (secondary N) is 1. The van der Waals surface area contributed by atoms with Crippen molar-refractivity contribution in [3.63, 3.8) is 0 Å². The third-order valence-corrected chi connectivity index (χ3v) is 11.8. The summed E-state index contributed by atoms with van der Waals surface area (Å²) >= 11 is 0. The summed E-state index contributed by atoms with van der Waals surface area (Å²) < 4.78 is 5.90. The fraction of sp³-hybridized carbons (Fsp3) is 0.885. The number of carbonyl (C=O) groups excluding carboxylic acids is 2. The van der Waals surface area contributed by atoms with Crippen molar-refractivity contribution in [2.75, 3.05) is 6.61 Å². The zero-order valence-corrected chi connectivity index (χ0v) is 38.9. The summed E-state index contributed by atoms with van der Waals surface area (Å²) in [5.41, 5.74) is 0. The van der Waals surface area contributed by atoms with Crippen LogP contribution in [0.1, 0.15) is 271 Å². The van der Waals surface area contributed by atoms with Gasteiger partial charge in [0.15, 0.2) is 0 Å². The second-order valence-electron chi connectivity index (χ2n) is 17.6. The Morgan fingerprint density at radius 3 is 1.26 bits per heavy atom. The molecule has 0 aromatic rings. The van der Waals surface area contributed by atoms with E-state index in [1.165, 1.54) is 161 Å². The molecule has 0 saturated carbocycles. The average Bonchev–Trinajstić information content (AvgIpc) is 3.22. The van der Waals surface area contributed by atoms with E-state index in [0.29, 0.717) is 19.3 Å². The van der Waals surface area contributed by atoms with E-state index in [0.717, 1.165) is 64.2 Å². The van der Waals surface area contributed by atoms with Crippen molar-refractivity contribution in [1.82, 2.24) is 5.32 Å². The standard InChI is InChI=1S/C52H99NO5/c1-4-7-10-13-16-19-22-24-26-29-32-35-38-41-44-50(55)49(47-54)53-51(56)46-48(43-40-37-34-31-28-21-18-15-12-9-6-3)58-52(57)45-42-39-36-33-30-27-25-23-20-17-14-11-8-5-2/h27,30-31,34,48-50,54-55H,4-26,28-29,32-33,35-47H2,1-3H3,(H,53,56)/b30-27-,34-31-. The van der Waals surface area contributed by atoms with Gasteiger partial charge in [-0.15, -0.1) is 0 Å². The topological polar surface area (TPSA) is 95.9 Å². The number of rotatable bonds is 46. The second-order valence-corrected chi connectivity index (χ2v) is 17.6. The number of ether oxygens (including phenoxy) is 1. The summed E-state index contributed by atoms with van der Waals surface area (Å²) in [6, 6.07) is -0.708. The molecule has 0 fully saturated rings. The van der Waals surface area contributed by atoms with Crippen LogP contribution in [0.2, 0.25) is 0 Å². The monoisotopic (exact) mass is 818 g/mol. The van der Waals surface area contributed by atoms with Gasteiger partial charge in [0.2, 0.25) is 5.91 Å². The Morgan fingerprint density at radius 1 is 0.483 bits per heavy atom. The zero-order chi connectivity index (χ0) is 42.4. The molecule has 3 unspecified atom stereocenters. The first-order chi connectivity index (χ1) is 28.5. The molecule has 342 valence electrons. The Morgan fingerprint density at radius 2 is 0.845 bits per heavy atom. The van der Waals surface area contributed by atoms with E-state index < -0.39 is 18.2 Å². The van der Waals surface area contributed by atoms with Gasteiger partial charge < -0.3 is 20.3 Å². The Balaban J connectivity index is 4.55. The van der Waals surface area contributed by atoms with Gasteiger partial charge in [-0.05, 0) is 70.6 Å². The number of hydrogen-bond acceptors (Lipinski definition) is 5. The molecule has 0 radical (unpaired) electrons. The van der Waals surface area contributed by atoms with E-state index in [2.05, 4.69) is 50.4 Å². The van der Waals surface area contributed by atoms with Gasteiger partial charge in [0, 0.05) is 6.42 Å². The lowest BCUT2D eigenvalue weighted by molar-refractivity contribution is -0.151. The molecule has 0 aromatic carbocycles. The highest BCUT2D eigenvalue weighted by molar-refractivity contribution is 5.77. The smallest absolute Gasteiger partial charge is 0.306 e. The molecular weight excluding hydrogens is 719 g/mol. The van der Waals surface area contributed by atoms with Gasteiger partial charge in [0.05, 0.1) is 25.2 Å². The fourth-order valence-electron chi connectivity index (χ4n) is 7.84. The molecule has 0 aliphatic heterocycles. The molecular formula is C52H99NO5. The lowest BCUT2D eigenvalue weighted by Gasteiger charge is -2.24. The highest BCUT2D eigenvalue weighted by Crippen LogP contribution is 2.17. The quantitative estimate of drug-likeness (QED) is 0.0323. The lowest BCUT2D eigenvalue weighted by atomic mass is 10.0. The minimum absolute atomic E-state index is 0.0544. The van der Waals surface area contributed by atoms with E-state index >= 15 is 0 Å². The van der Waals surface area contributed by atoms with Crippen LogP contribution in [-0.4, -0.2) is 46.9 Å². The number of allylic oxidation sites excluding steroid dienone is 4. The van der Waals surface area contributed by atoms with Gasteiger partial charge in [-0.2, -0.15) is 0 Å². The summed E-state index contributed by atoms with van der Waals surface area (Å²) in [5, 5.41) is 23.7. The molecule has 6 nitrogen and oxygen atoms in total. The molecule has 0 spiro atoms. The van der Waals surface area contributed by atoms with Gasteiger partial charge in [0.1, 0.15) is 6.10 Å². The average molecular weight is 818 g/mol. The minimum Gasteiger partial charge on any atom is -0.462 e. The molecule has 58 heavy (non-hydrogen) atoms. The molecule has 3 atom stereocenters. The van der Waals surface area contributed by atoms with E-state index in [-0.39, 0.29) is 24.9 Å². The van der Waals surface area contributed by atoms with Crippen LogP contribution in [0.25, 0.3) is 0 Å². The van der Waals surface area contributed by atoms with Gasteiger partial charge >= 0.3 is 5.97 Å². The van der Waals surface area contributed by atoms with Crippen LogP contribution < -0.4 is 5.32 Å². The number of hydrogen-bond donors (Lipinski definition) is 3. The first-order valence-electron chi connectivity index (χ1n) is 25.6. The van der Waals surface area contributed by atoms with Crippen molar-refractivity contribution in [2.24, 2.45) is 0 Å². The second kappa shape index (κ2) is 46.4. The number of carbonyl (C=O) groups is 2. The normalized spacial score (nSPS) is 13.4. The first kappa shape index (κ1) is 56.3. The predicted molar refractivity (Wildman–Crippen MR) is 250 cm³/mol. The molecule has 0 heterocycles. The van der Waals surface area contributed by atoms with Crippen molar-refractivity contribution in [3.8, 4) is 0 Å². The van der Waals surface area contributed by atoms with Crippen LogP contribution >= 0.6 is 0 Å². The molecule has 6 heteroatoms. The third-order valence-electron chi connectivity index (χ3n) is 11.8. The van der Waals surface area contributed by atoms with Gasteiger partial charge in [-0.25, -0.2) is 0 Å². The molecule has 0 rings (SSSR count). The summed E-state index contributed by atoms with van der Waals surface area (Å²) in [5.74, 6) is -0.513. The number of unbranched alkanes of at least 4 members (excludes halogenated alkanes) is 30. The highest BCUT2D eigenvalue weighted by atomic mass is 16.5. The van der Waals surface area contributed by atoms with Crippen molar-refractivity contribution in [1.29, 1.82) is 0 Å². The van der Waals surface area contributed by atoms with Gasteiger partial charge in [-0.3, -0.25) is 9.59 Å². The Labute approximate surface area is 361 Å². The largest absolute Gasteiger partial charge is 0.462 e. The van der Waals surface area contributed by atoms with Crippen molar-refractivity contribution in [2.45, 2.75) is 289 Å². The molecule has 0 aliphatic rings. The number of esters is 1. The van der Waals surface area contributed by atoms with Crippen molar-refractivity contribution in [3.05, 3.63) is 24.3 Å². The third kappa shape index (κ3) is 41.1. The maximum absolute atomic E-state index is 13.2. The molecule has 1 amide bonds. The van der Waals surface area contributed by atoms with Crippen LogP contribution in [0.15, 0.2) is 24.3 Å². The predicted octanol–water partition coefficient (Wildman–Crippen LogP) is 15.1. The maximum atomic E-state index is 13.2. The van der Waals surface area contributed by atoms with E-state index in [4.69, 9.17) is 4.74 Å². The molecule has 0 aromatic heterocycles. The SMILES string of the molecule is CCCCCCCC/C=C\CCCC(CC(=O)NC(CO)C(O)CCCCCCCCCCCCCCCC)OC(=O)CCCCC/C=C\CCCCCCCCC. The Bertz CT molecular complexity index is 919. The van der Waals surface area contributed by atoms with Crippen LogP contribution in [0.5, 0.6) is 0 Å². The molecule has 0 bridgehead atoms. The molecule has 0 aliphatic carbocycles. The Hall–Kier alpha value is -1.66. The first-order valence-corrected chi connectivity index (χ1v) is 25.6. The fourth-order valence-corrected chi connectivity index (χ4v) is 7.84. The number of aliphatic hydroxyl groups is 2. The van der Waals surface area contributed by atoms with Crippen LogP contribution in [-0.2, 0) is 14.3 Å². The number of aliphatic hydroxyl groups excluding tert-OH is 2. The lowest BCUT2D eigenvalue weighted by Crippen LogP contribution is -2.46. The summed E-state index contributed by atoms with van der Waals surface area (Å²) in [6.45, 7) is 6.47. The maximum Gasteiger partial charge on any atom is 0.306 e. The van der Waals surface area contributed by atoms with E-state index in [1.54, 1.807) is 0 Å². The highest BCUT2D eigenvalue weighted by Gasteiger charge is 2.24. The molecule has 3 N–H and O–H groups in total. The molecule has 0 saturated heterocycles. The summed E-state index contributed by atoms with van der Waals surface area (Å²) in [7, 11) is 0. The van der Waals surface area contributed by atoms with Gasteiger partial charge in [-0.1, -0.05) is 212 Å². The van der Waals surface area contributed by atoms with Crippen molar-refractivity contribution < 1.29 is 24.5 Å². The summed E-state index contributed by atoms with van der Waals surface area (Å²) in [4.78, 5) is 26.1. The zero-order valence-electron chi connectivity index (χ0n) is 38.9. The Kier molecular flexibility index (Phi) is 45.1. The summed E-state index contributed by atoms with van der Waals surface area (Å²) in [6.07, 6.45) is 52.4. The van der Waals surface area contributed by atoms with Crippen LogP contribution in [0, 0.1) is 0 Å². The van der Waals surface area contributed by atoms with Gasteiger partial charge in [0.25, 0.3) is 0 Å². The van der Waals surface area contributed by atoms with Crippen molar-refractivity contribution >= 4 is 11.9 Å². The van der Waals surface area contributed by atoms with Crippen LogP contribution in [0.3, 0.4) is 0 Å². The minimum atomic E-state index is -0.792.